The summed E-state index contributed by atoms with van der Waals surface area (Å²) in [5, 5.41) is 14.8. The second-order valence-corrected chi connectivity index (χ2v) is 6.61. The van der Waals surface area contributed by atoms with E-state index in [9.17, 15) is 23.5 Å². The minimum absolute atomic E-state index is 0.0425. The highest BCUT2D eigenvalue weighted by Gasteiger charge is 2.10. The number of carbonyl (C=O) groups is 2. The molecule has 0 radical (unpaired) electrons. The molecule has 0 fully saturated rings. The SMILES string of the molecule is O=C(COc1ccc(F)cc1)NCCC(O)CNC(=O)COc1ccc(Cl)c(F)c1. The smallest absolute Gasteiger partial charge is 0.258 e. The lowest BCUT2D eigenvalue weighted by molar-refractivity contribution is -0.124. The number of carbonyl (C=O) groups excluding carboxylic acids is 2. The van der Waals surface area contributed by atoms with Crippen LogP contribution < -0.4 is 20.1 Å². The van der Waals surface area contributed by atoms with Crippen molar-refractivity contribution in [3.05, 3.63) is 59.1 Å². The van der Waals surface area contributed by atoms with Crippen molar-refractivity contribution in [3.63, 3.8) is 0 Å². The highest BCUT2D eigenvalue weighted by Crippen LogP contribution is 2.20. The van der Waals surface area contributed by atoms with Crippen molar-refractivity contribution in [2.75, 3.05) is 26.3 Å². The first-order valence-corrected chi connectivity index (χ1v) is 9.39. The van der Waals surface area contributed by atoms with Crippen molar-refractivity contribution in [3.8, 4) is 11.5 Å². The van der Waals surface area contributed by atoms with Crippen molar-refractivity contribution in [2.45, 2.75) is 12.5 Å². The van der Waals surface area contributed by atoms with Gasteiger partial charge in [0, 0.05) is 19.2 Å². The molecule has 0 aliphatic rings. The molecule has 0 aliphatic heterocycles. The highest BCUT2D eigenvalue weighted by atomic mass is 35.5. The minimum Gasteiger partial charge on any atom is -0.484 e. The van der Waals surface area contributed by atoms with Crippen molar-refractivity contribution in [1.29, 1.82) is 0 Å². The molecular weight excluding hydrogens is 422 g/mol. The van der Waals surface area contributed by atoms with Gasteiger partial charge in [-0.3, -0.25) is 9.59 Å². The second kappa shape index (κ2) is 11.9. The molecule has 10 heteroatoms. The molecule has 7 nitrogen and oxygen atoms in total. The van der Waals surface area contributed by atoms with Crippen LogP contribution in [0.5, 0.6) is 11.5 Å². The molecule has 2 rings (SSSR count). The fraction of sp³-hybridized carbons (Fsp3) is 0.300. The summed E-state index contributed by atoms with van der Waals surface area (Å²) in [5.74, 6) is -1.45. The van der Waals surface area contributed by atoms with Crippen LogP contribution >= 0.6 is 11.6 Å². The summed E-state index contributed by atoms with van der Waals surface area (Å²) in [6.07, 6.45) is -0.688. The maximum absolute atomic E-state index is 13.3. The van der Waals surface area contributed by atoms with E-state index in [1.807, 2.05) is 0 Å². The Labute approximate surface area is 176 Å². The lowest BCUT2D eigenvalue weighted by atomic mass is 10.2. The predicted octanol–water partition coefficient (Wildman–Crippen LogP) is 2.06. The molecule has 162 valence electrons. The van der Waals surface area contributed by atoms with E-state index in [0.717, 1.165) is 6.07 Å². The molecular formula is C20H21ClF2N2O5. The Bertz CT molecular complexity index is 852. The summed E-state index contributed by atoms with van der Waals surface area (Å²) >= 11 is 5.56. The van der Waals surface area contributed by atoms with Gasteiger partial charge in [-0.25, -0.2) is 8.78 Å². The average molecular weight is 443 g/mol. The fourth-order valence-electron chi connectivity index (χ4n) is 2.21. The number of aliphatic hydroxyl groups is 1. The van der Waals surface area contributed by atoms with Crippen molar-refractivity contribution in [1.82, 2.24) is 10.6 Å². The monoisotopic (exact) mass is 442 g/mol. The summed E-state index contributed by atoms with van der Waals surface area (Å²) in [5.41, 5.74) is 0. The van der Waals surface area contributed by atoms with Crippen LogP contribution in [-0.4, -0.2) is 49.3 Å². The zero-order valence-corrected chi connectivity index (χ0v) is 16.6. The Morgan fingerprint density at radius 3 is 2.23 bits per heavy atom. The Hall–Kier alpha value is -2.91. The Morgan fingerprint density at radius 2 is 1.57 bits per heavy atom. The summed E-state index contributed by atoms with van der Waals surface area (Å²) < 4.78 is 36.4. The number of amides is 2. The van der Waals surface area contributed by atoms with Crippen LogP contribution in [0.25, 0.3) is 0 Å². The van der Waals surface area contributed by atoms with Gasteiger partial charge in [0.25, 0.3) is 11.8 Å². The molecule has 30 heavy (non-hydrogen) atoms. The molecule has 2 amide bonds. The molecule has 0 saturated carbocycles. The lowest BCUT2D eigenvalue weighted by Gasteiger charge is -2.13. The van der Waals surface area contributed by atoms with Crippen LogP contribution in [0, 0.1) is 11.6 Å². The normalized spacial score (nSPS) is 11.5. The van der Waals surface area contributed by atoms with E-state index < -0.39 is 29.6 Å². The number of aliphatic hydroxyl groups excluding tert-OH is 1. The van der Waals surface area contributed by atoms with Gasteiger partial charge in [-0.2, -0.15) is 0 Å². The van der Waals surface area contributed by atoms with E-state index in [4.69, 9.17) is 21.1 Å². The second-order valence-electron chi connectivity index (χ2n) is 6.20. The van der Waals surface area contributed by atoms with Crippen molar-refractivity contribution < 1.29 is 33.0 Å². The van der Waals surface area contributed by atoms with Crippen molar-refractivity contribution in [2.24, 2.45) is 0 Å². The van der Waals surface area contributed by atoms with E-state index in [-0.39, 0.29) is 43.5 Å². The molecule has 0 saturated heterocycles. The minimum atomic E-state index is -0.889. The van der Waals surface area contributed by atoms with E-state index in [0.29, 0.717) is 5.75 Å². The maximum Gasteiger partial charge on any atom is 0.258 e. The largest absolute Gasteiger partial charge is 0.484 e. The van der Waals surface area contributed by atoms with Gasteiger partial charge in [-0.05, 0) is 42.8 Å². The molecule has 2 aromatic carbocycles. The molecule has 3 N–H and O–H groups in total. The van der Waals surface area contributed by atoms with E-state index >= 15 is 0 Å². The van der Waals surface area contributed by atoms with Gasteiger partial charge in [0.15, 0.2) is 13.2 Å². The number of ether oxygens (including phenoxy) is 2. The van der Waals surface area contributed by atoms with Crippen LogP contribution in [0.2, 0.25) is 5.02 Å². The number of halogens is 3. The third-order valence-corrected chi connectivity index (χ3v) is 4.09. The van der Waals surface area contributed by atoms with E-state index in [2.05, 4.69) is 10.6 Å². The van der Waals surface area contributed by atoms with E-state index in [1.54, 1.807) is 0 Å². The third-order valence-electron chi connectivity index (χ3n) is 3.78. The number of hydrogen-bond acceptors (Lipinski definition) is 5. The molecule has 0 spiro atoms. The first-order valence-electron chi connectivity index (χ1n) is 9.01. The first kappa shape index (κ1) is 23.4. The number of benzene rings is 2. The first-order chi connectivity index (χ1) is 14.3. The van der Waals surface area contributed by atoms with Crippen LogP contribution in [0.4, 0.5) is 8.78 Å². The van der Waals surface area contributed by atoms with Crippen LogP contribution in [0.1, 0.15) is 6.42 Å². The summed E-state index contributed by atoms with van der Waals surface area (Å²) in [4.78, 5) is 23.4. The lowest BCUT2D eigenvalue weighted by Crippen LogP contribution is -2.37. The summed E-state index contributed by atoms with van der Waals surface area (Å²) in [7, 11) is 0. The standard InChI is InChI=1S/C20H21ClF2N2O5/c21-17-6-5-16(9-18(17)23)30-12-20(28)25-10-14(26)7-8-24-19(27)11-29-15-3-1-13(22)2-4-15/h1-6,9,14,26H,7-8,10-12H2,(H,24,27)(H,25,28). The van der Waals surface area contributed by atoms with Gasteiger partial charge in [0.2, 0.25) is 0 Å². The van der Waals surface area contributed by atoms with Gasteiger partial charge in [-0.1, -0.05) is 11.6 Å². The van der Waals surface area contributed by atoms with Gasteiger partial charge < -0.3 is 25.2 Å². The molecule has 0 bridgehead atoms. The number of hydrogen-bond donors (Lipinski definition) is 3. The van der Waals surface area contributed by atoms with Crippen LogP contribution in [-0.2, 0) is 9.59 Å². The Kier molecular flexibility index (Phi) is 9.30. The predicted molar refractivity (Wildman–Crippen MR) is 105 cm³/mol. The quantitative estimate of drug-likeness (QED) is 0.495. The molecule has 1 atom stereocenters. The molecule has 1 unspecified atom stereocenters. The maximum atomic E-state index is 13.3. The summed E-state index contributed by atoms with van der Waals surface area (Å²) in [6, 6.07) is 9.05. The van der Waals surface area contributed by atoms with Crippen LogP contribution in [0.15, 0.2) is 42.5 Å². The third kappa shape index (κ3) is 8.62. The Balaban J connectivity index is 1.56. The molecule has 0 aromatic heterocycles. The fourth-order valence-corrected chi connectivity index (χ4v) is 2.33. The van der Waals surface area contributed by atoms with Gasteiger partial charge in [-0.15, -0.1) is 0 Å². The van der Waals surface area contributed by atoms with E-state index in [1.165, 1.54) is 36.4 Å². The topological polar surface area (TPSA) is 96.9 Å². The van der Waals surface area contributed by atoms with Gasteiger partial charge in [0.1, 0.15) is 23.1 Å². The van der Waals surface area contributed by atoms with Crippen molar-refractivity contribution >= 4 is 23.4 Å². The van der Waals surface area contributed by atoms with Gasteiger partial charge >= 0.3 is 0 Å². The summed E-state index contributed by atoms with van der Waals surface area (Å²) in [6.45, 7) is -0.478. The Morgan fingerprint density at radius 1 is 0.967 bits per heavy atom. The van der Waals surface area contributed by atoms with Gasteiger partial charge in [0.05, 0.1) is 11.1 Å². The average Bonchev–Trinajstić information content (AvgIpc) is 2.72. The van der Waals surface area contributed by atoms with Crippen LogP contribution in [0.3, 0.4) is 0 Å². The zero-order chi connectivity index (χ0) is 21.9. The molecule has 2 aromatic rings. The molecule has 0 aliphatic carbocycles. The highest BCUT2D eigenvalue weighted by molar-refractivity contribution is 6.30. The molecule has 0 heterocycles. The zero-order valence-electron chi connectivity index (χ0n) is 15.9. The number of rotatable bonds is 11. The number of nitrogens with one attached hydrogen (secondary N) is 2.